The van der Waals surface area contributed by atoms with Crippen molar-refractivity contribution >= 4 is 0 Å². The Morgan fingerprint density at radius 1 is 1.24 bits per heavy atom. The van der Waals surface area contributed by atoms with Crippen molar-refractivity contribution in [3.8, 4) is 0 Å². The van der Waals surface area contributed by atoms with Crippen LogP contribution in [-0.2, 0) is 0 Å². The zero-order valence-corrected chi connectivity index (χ0v) is 12.8. The van der Waals surface area contributed by atoms with Crippen molar-refractivity contribution < 1.29 is 0 Å². The monoisotopic (exact) mass is 236 g/mol. The molecule has 0 spiro atoms. The van der Waals surface area contributed by atoms with Crippen LogP contribution in [0.4, 0.5) is 0 Å². The summed E-state index contributed by atoms with van der Waals surface area (Å²) in [5.74, 6) is 6.05. The van der Waals surface area contributed by atoms with Gasteiger partial charge in [0.15, 0.2) is 0 Å². The van der Waals surface area contributed by atoms with E-state index >= 15 is 0 Å². The number of hydrogen-bond acceptors (Lipinski definition) is 0. The van der Waals surface area contributed by atoms with Crippen LogP contribution in [0.1, 0.15) is 67.2 Å². The lowest BCUT2D eigenvalue weighted by Gasteiger charge is -2.46. The lowest BCUT2D eigenvalue weighted by molar-refractivity contribution is 0.0307. The molecule has 0 N–H and O–H groups in total. The molecule has 2 rings (SSSR count). The second kappa shape index (κ2) is 4.59. The lowest BCUT2D eigenvalue weighted by atomic mass is 9.59. The van der Waals surface area contributed by atoms with E-state index in [4.69, 9.17) is 0 Å². The molecule has 0 bridgehead atoms. The average molecular weight is 236 g/mol. The van der Waals surface area contributed by atoms with E-state index in [1.165, 1.54) is 25.7 Å². The first-order valence-electron chi connectivity index (χ1n) is 7.95. The Kier molecular flexibility index (Phi) is 3.63. The van der Waals surface area contributed by atoms with Crippen LogP contribution in [0, 0.1) is 40.9 Å². The fraction of sp³-hybridized carbons (Fsp3) is 1.00. The zero-order chi connectivity index (χ0) is 12.8. The van der Waals surface area contributed by atoms with Crippen molar-refractivity contribution in [3.05, 3.63) is 0 Å². The Balaban J connectivity index is 1.85. The Labute approximate surface area is 109 Å². The molecular weight excluding hydrogens is 204 g/mol. The van der Waals surface area contributed by atoms with E-state index < -0.39 is 0 Å². The molecule has 0 aliphatic heterocycles. The Morgan fingerprint density at radius 3 is 2.29 bits per heavy atom. The van der Waals surface area contributed by atoms with Gasteiger partial charge in [-0.1, -0.05) is 54.4 Å². The predicted molar refractivity (Wildman–Crippen MR) is 75.9 cm³/mol. The molecule has 0 amide bonds. The molecule has 7 unspecified atom stereocenters. The van der Waals surface area contributed by atoms with Gasteiger partial charge < -0.3 is 0 Å². The summed E-state index contributed by atoms with van der Waals surface area (Å²) < 4.78 is 0. The minimum absolute atomic E-state index is 0.686. The van der Waals surface area contributed by atoms with E-state index in [0.29, 0.717) is 5.41 Å². The molecule has 2 aliphatic rings. The van der Waals surface area contributed by atoms with Gasteiger partial charge in [-0.25, -0.2) is 0 Å². The highest BCUT2D eigenvalue weighted by Gasteiger charge is 2.57. The number of hydrogen-bond donors (Lipinski definition) is 0. The molecule has 0 saturated heterocycles. The van der Waals surface area contributed by atoms with Crippen molar-refractivity contribution in [2.45, 2.75) is 67.2 Å². The summed E-state index contributed by atoms with van der Waals surface area (Å²) in [7, 11) is 0. The molecule has 2 fully saturated rings. The highest BCUT2D eigenvalue weighted by atomic mass is 14.6. The van der Waals surface area contributed by atoms with Crippen molar-refractivity contribution in [1.29, 1.82) is 0 Å². The fourth-order valence-corrected chi connectivity index (χ4v) is 4.91. The second-order valence-electron chi connectivity index (χ2n) is 7.42. The Morgan fingerprint density at radius 2 is 1.88 bits per heavy atom. The SMILES string of the molecule is CCC1C(C)CC1C(C)CC1C(C)C1(C)CC. The maximum absolute atomic E-state index is 2.53. The molecule has 0 aromatic heterocycles. The van der Waals surface area contributed by atoms with E-state index in [1.807, 2.05) is 0 Å². The van der Waals surface area contributed by atoms with Gasteiger partial charge in [0, 0.05) is 0 Å². The van der Waals surface area contributed by atoms with E-state index in [-0.39, 0.29) is 0 Å². The first-order chi connectivity index (χ1) is 7.95. The van der Waals surface area contributed by atoms with Gasteiger partial charge in [-0.15, -0.1) is 0 Å². The molecule has 0 aromatic rings. The van der Waals surface area contributed by atoms with Crippen LogP contribution in [0.5, 0.6) is 0 Å². The van der Waals surface area contributed by atoms with Gasteiger partial charge in [0.05, 0.1) is 0 Å². The van der Waals surface area contributed by atoms with Crippen molar-refractivity contribution in [3.63, 3.8) is 0 Å². The predicted octanol–water partition coefficient (Wildman–Crippen LogP) is 5.38. The maximum atomic E-state index is 2.53. The first kappa shape index (κ1) is 13.4. The van der Waals surface area contributed by atoms with E-state index in [2.05, 4.69) is 41.5 Å². The van der Waals surface area contributed by atoms with Crippen LogP contribution in [0.15, 0.2) is 0 Å². The lowest BCUT2D eigenvalue weighted by Crippen LogP contribution is -2.38. The molecule has 0 radical (unpaired) electrons. The molecule has 0 aromatic carbocycles. The zero-order valence-electron chi connectivity index (χ0n) is 12.8. The minimum Gasteiger partial charge on any atom is -0.0651 e. The van der Waals surface area contributed by atoms with Gasteiger partial charge in [0.2, 0.25) is 0 Å². The third-order valence-corrected chi connectivity index (χ3v) is 6.90. The third-order valence-electron chi connectivity index (χ3n) is 6.90. The van der Waals surface area contributed by atoms with Gasteiger partial charge in [0.25, 0.3) is 0 Å². The van der Waals surface area contributed by atoms with Crippen molar-refractivity contribution in [2.75, 3.05) is 0 Å². The summed E-state index contributed by atoms with van der Waals surface area (Å²) in [5, 5.41) is 0. The minimum atomic E-state index is 0.686. The third kappa shape index (κ3) is 2.06. The summed E-state index contributed by atoms with van der Waals surface area (Å²) in [5.41, 5.74) is 0.686. The summed E-state index contributed by atoms with van der Waals surface area (Å²) >= 11 is 0. The molecular formula is C17H32. The normalized spacial score (nSPS) is 50.8. The molecule has 17 heavy (non-hydrogen) atoms. The molecule has 0 heterocycles. The molecule has 0 nitrogen and oxygen atoms in total. The number of rotatable bonds is 5. The molecule has 2 saturated carbocycles. The largest absolute Gasteiger partial charge is 0.0651 e. The summed E-state index contributed by atoms with van der Waals surface area (Å²) in [4.78, 5) is 0. The molecule has 100 valence electrons. The van der Waals surface area contributed by atoms with Crippen LogP contribution in [0.25, 0.3) is 0 Å². The molecule has 7 atom stereocenters. The van der Waals surface area contributed by atoms with E-state index in [1.54, 1.807) is 0 Å². The van der Waals surface area contributed by atoms with Gasteiger partial charge in [0.1, 0.15) is 0 Å². The summed E-state index contributed by atoms with van der Waals surface area (Å²) in [6.07, 6.45) is 5.79. The summed E-state index contributed by atoms with van der Waals surface area (Å²) in [6.45, 7) is 14.7. The second-order valence-corrected chi connectivity index (χ2v) is 7.42. The molecule has 2 aliphatic carbocycles. The van der Waals surface area contributed by atoms with E-state index in [0.717, 1.165) is 35.5 Å². The Hall–Kier alpha value is 0. The standard InChI is InChI=1S/C17H32/c1-7-14-11(3)9-15(14)12(4)10-16-13(5)17(16,6)8-2/h11-16H,7-10H2,1-6H3. The highest BCUT2D eigenvalue weighted by molar-refractivity contribution is 5.05. The highest BCUT2D eigenvalue weighted by Crippen LogP contribution is 2.64. The fourth-order valence-electron chi connectivity index (χ4n) is 4.91. The van der Waals surface area contributed by atoms with Gasteiger partial charge in [-0.2, -0.15) is 0 Å². The van der Waals surface area contributed by atoms with Crippen LogP contribution < -0.4 is 0 Å². The van der Waals surface area contributed by atoms with Gasteiger partial charge in [-0.05, 0) is 53.8 Å². The maximum Gasteiger partial charge on any atom is -0.0269 e. The smallest absolute Gasteiger partial charge is 0.0269 e. The van der Waals surface area contributed by atoms with Crippen molar-refractivity contribution in [2.24, 2.45) is 40.9 Å². The quantitative estimate of drug-likeness (QED) is 0.601. The topological polar surface area (TPSA) is 0 Å². The summed E-state index contributed by atoms with van der Waals surface area (Å²) in [6, 6.07) is 0. The van der Waals surface area contributed by atoms with Crippen LogP contribution in [-0.4, -0.2) is 0 Å². The van der Waals surface area contributed by atoms with Crippen LogP contribution in [0.2, 0.25) is 0 Å². The van der Waals surface area contributed by atoms with Gasteiger partial charge in [-0.3, -0.25) is 0 Å². The Bertz CT molecular complexity index is 269. The van der Waals surface area contributed by atoms with Crippen LogP contribution >= 0.6 is 0 Å². The average Bonchev–Trinajstić information content (AvgIpc) is 2.80. The first-order valence-corrected chi connectivity index (χ1v) is 7.95. The van der Waals surface area contributed by atoms with Crippen LogP contribution in [0.3, 0.4) is 0 Å². The van der Waals surface area contributed by atoms with E-state index in [9.17, 15) is 0 Å². The molecule has 0 heteroatoms. The van der Waals surface area contributed by atoms with Gasteiger partial charge >= 0.3 is 0 Å². The van der Waals surface area contributed by atoms with Crippen molar-refractivity contribution in [1.82, 2.24) is 0 Å².